The Hall–Kier alpha value is -1.62. The van der Waals surface area contributed by atoms with Gasteiger partial charge in [0.05, 0.1) is 16.0 Å². The first-order chi connectivity index (χ1) is 9.58. The van der Waals surface area contributed by atoms with E-state index in [2.05, 4.69) is 11.4 Å². The molecule has 0 amide bonds. The molecule has 0 spiro atoms. The Labute approximate surface area is 121 Å². The van der Waals surface area contributed by atoms with Gasteiger partial charge in [0.15, 0.2) is 0 Å². The molecule has 0 fully saturated rings. The number of benzene rings is 1. The van der Waals surface area contributed by atoms with Gasteiger partial charge in [0, 0.05) is 6.54 Å². The van der Waals surface area contributed by atoms with Crippen LogP contribution in [0.5, 0.6) is 0 Å². The van der Waals surface area contributed by atoms with E-state index in [0.29, 0.717) is 6.54 Å². The number of nitrogens with one attached hydrogen (secondary N) is 1. The van der Waals surface area contributed by atoms with Gasteiger partial charge >= 0.3 is 0 Å². The second-order valence-electron chi connectivity index (χ2n) is 4.83. The molecule has 4 nitrogen and oxygen atoms in total. The quantitative estimate of drug-likeness (QED) is 0.487. The Balaban J connectivity index is 2.03. The molecule has 0 unspecified atom stereocenters. The summed E-state index contributed by atoms with van der Waals surface area (Å²) in [5.74, 6) is -0.779. The lowest BCUT2D eigenvalue weighted by Crippen LogP contribution is -2.07. The van der Waals surface area contributed by atoms with Gasteiger partial charge in [-0.15, -0.1) is 0 Å². The number of allylic oxidation sites excluding steroid dienone is 1. The van der Waals surface area contributed by atoms with Crippen molar-refractivity contribution in [2.24, 2.45) is 0 Å². The minimum absolute atomic E-state index is 0.116. The van der Waals surface area contributed by atoms with Gasteiger partial charge in [-0.1, -0.05) is 23.3 Å². The first-order valence-corrected chi connectivity index (χ1v) is 7.01. The zero-order valence-corrected chi connectivity index (χ0v) is 11.8. The molecule has 0 saturated heterocycles. The van der Waals surface area contributed by atoms with Crippen LogP contribution in [0.2, 0.25) is 5.02 Å². The number of halogens is 2. The molecular formula is C14H16ClFN2O2. The highest BCUT2D eigenvalue weighted by Crippen LogP contribution is 2.30. The second kappa shape index (κ2) is 6.70. The molecule has 0 bridgehead atoms. The largest absolute Gasteiger partial charge is 0.379 e. The molecule has 1 aliphatic carbocycles. The third kappa shape index (κ3) is 3.70. The van der Waals surface area contributed by atoms with Gasteiger partial charge in [0.2, 0.25) is 0 Å². The van der Waals surface area contributed by atoms with Crippen LogP contribution < -0.4 is 5.32 Å². The Bertz CT molecular complexity index is 546. The van der Waals surface area contributed by atoms with Gasteiger partial charge in [-0.25, -0.2) is 4.39 Å². The van der Waals surface area contributed by atoms with Crippen LogP contribution in [0.15, 0.2) is 23.8 Å². The molecular weight excluding hydrogens is 283 g/mol. The van der Waals surface area contributed by atoms with Crippen molar-refractivity contribution in [2.45, 2.75) is 32.1 Å². The molecule has 0 saturated carbocycles. The van der Waals surface area contributed by atoms with Crippen molar-refractivity contribution < 1.29 is 9.31 Å². The lowest BCUT2D eigenvalue weighted by atomic mass is 9.97. The lowest BCUT2D eigenvalue weighted by Gasteiger charge is -2.13. The fourth-order valence-corrected chi connectivity index (χ4v) is 2.48. The summed E-state index contributed by atoms with van der Waals surface area (Å²) in [4.78, 5) is 10.3. The molecule has 1 N–H and O–H groups in total. The topological polar surface area (TPSA) is 55.2 Å². The first-order valence-electron chi connectivity index (χ1n) is 6.63. The monoisotopic (exact) mass is 298 g/mol. The number of nitro benzene ring substituents is 1. The summed E-state index contributed by atoms with van der Waals surface area (Å²) in [7, 11) is 0. The van der Waals surface area contributed by atoms with Crippen LogP contribution in [0.4, 0.5) is 15.8 Å². The van der Waals surface area contributed by atoms with Gasteiger partial charge in [-0.3, -0.25) is 10.1 Å². The maximum Gasteiger partial charge on any atom is 0.295 e. The Morgan fingerprint density at radius 2 is 2.20 bits per heavy atom. The van der Waals surface area contributed by atoms with E-state index in [0.717, 1.165) is 25.3 Å². The first kappa shape index (κ1) is 14.8. The number of hydrogen-bond donors (Lipinski definition) is 1. The minimum Gasteiger partial charge on any atom is -0.379 e. The highest BCUT2D eigenvalue weighted by molar-refractivity contribution is 6.31. The Morgan fingerprint density at radius 3 is 2.85 bits per heavy atom. The minimum atomic E-state index is -0.779. The van der Waals surface area contributed by atoms with E-state index in [9.17, 15) is 14.5 Å². The fourth-order valence-electron chi connectivity index (χ4n) is 2.32. The lowest BCUT2D eigenvalue weighted by molar-refractivity contribution is -0.384. The van der Waals surface area contributed by atoms with E-state index >= 15 is 0 Å². The van der Waals surface area contributed by atoms with Crippen molar-refractivity contribution in [1.82, 2.24) is 0 Å². The number of nitro groups is 1. The van der Waals surface area contributed by atoms with Crippen molar-refractivity contribution in [1.29, 1.82) is 0 Å². The maximum absolute atomic E-state index is 13.3. The molecule has 1 aromatic rings. The highest BCUT2D eigenvalue weighted by Gasteiger charge is 2.17. The Kier molecular flexibility index (Phi) is 4.95. The fraction of sp³-hybridized carbons (Fsp3) is 0.429. The van der Waals surface area contributed by atoms with Crippen LogP contribution >= 0.6 is 11.6 Å². The smallest absolute Gasteiger partial charge is 0.295 e. The number of hydrogen-bond acceptors (Lipinski definition) is 3. The summed E-state index contributed by atoms with van der Waals surface area (Å²) >= 11 is 5.67. The van der Waals surface area contributed by atoms with E-state index < -0.39 is 10.7 Å². The average Bonchev–Trinajstić information content (AvgIpc) is 2.43. The van der Waals surface area contributed by atoms with E-state index in [1.54, 1.807) is 0 Å². The number of nitrogens with zero attached hydrogens (tertiary/aromatic N) is 1. The molecule has 0 heterocycles. The predicted molar refractivity (Wildman–Crippen MR) is 77.7 cm³/mol. The summed E-state index contributed by atoms with van der Waals surface area (Å²) in [6.07, 6.45) is 7.71. The molecule has 0 radical (unpaired) electrons. The van der Waals surface area contributed by atoms with Gasteiger partial charge in [0.1, 0.15) is 11.5 Å². The zero-order chi connectivity index (χ0) is 14.5. The van der Waals surface area contributed by atoms with Crippen LogP contribution in [0.25, 0.3) is 0 Å². The van der Waals surface area contributed by atoms with Gasteiger partial charge < -0.3 is 5.32 Å². The van der Waals surface area contributed by atoms with Crippen molar-refractivity contribution in [3.63, 3.8) is 0 Å². The SMILES string of the molecule is O=[N+]([O-])c1cc(F)c(Cl)cc1NCCC1=CCCCC1. The number of rotatable bonds is 5. The molecule has 6 heteroatoms. The van der Waals surface area contributed by atoms with E-state index in [-0.39, 0.29) is 16.4 Å². The maximum atomic E-state index is 13.3. The Morgan fingerprint density at radius 1 is 1.40 bits per heavy atom. The van der Waals surface area contributed by atoms with Crippen LogP contribution in [0.1, 0.15) is 32.1 Å². The molecule has 20 heavy (non-hydrogen) atoms. The molecule has 108 valence electrons. The van der Waals surface area contributed by atoms with Gasteiger partial charge in [-0.2, -0.15) is 0 Å². The molecule has 1 aromatic carbocycles. The molecule has 0 aliphatic heterocycles. The number of anilines is 1. The van der Waals surface area contributed by atoms with E-state index in [4.69, 9.17) is 11.6 Å². The van der Waals surface area contributed by atoms with Gasteiger partial charge in [-0.05, 0) is 38.2 Å². The summed E-state index contributed by atoms with van der Waals surface area (Å²) in [6.45, 7) is 0.578. The normalized spacial score (nSPS) is 14.8. The average molecular weight is 299 g/mol. The molecule has 0 aromatic heterocycles. The van der Waals surface area contributed by atoms with Crippen molar-refractivity contribution in [3.05, 3.63) is 44.7 Å². The summed E-state index contributed by atoms with van der Waals surface area (Å²) in [6, 6.07) is 2.12. The van der Waals surface area contributed by atoms with Crippen molar-refractivity contribution in [2.75, 3.05) is 11.9 Å². The van der Waals surface area contributed by atoms with Crippen molar-refractivity contribution >= 4 is 23.0 Å². The second-order valence-corrected chi connectivity index (χ2v) is 5.23. The van der Waals surface area contributed by atoms with Crippen LogP contribution in [-0.4, -0.2) is 11.5 Å². The van der Waals surface area contributed by atoms with Crippen LogP contribution in [0.3, 0.4) is 0 Å². The zero-order valence-electron chi connectivity index (χ0n) is 11.0. The third-order valence-corrected chi connectivity index (χ3v) is 3.67. The van der Waals surface area contributed by atoms with Gasteiger partial charge in [0.25, 0.3) is 5.69 Å². The summed E-state index contributed by atoms with van der Waals surface area (Å²) in [5.41, 5.74) is 1.35. The van der Waals surface area contributed by atoms with E-state index in [1.807, 2.05) is 0 Å². The van der Waals surface area contributed by atoms with Crippen LogP contribution in [0, 0.1) is 15.9 Å². The molecule has 1 aliphatic rings. The third-order valence-electron chi connectivity index (χ3n) is 3.38. The molecule has 2 rings (SSSR count). The van der Waals surface area contributed by atoms with E-state index in [1.165, 1.54) is 24.5 Å². The van der Waals surface area contributed by atoms with Crippen molar-refractivity contribution in [3.8, 4) is 0 Å². The summed E-state index contributed by atoms with van der Waals surface area (Å²) < 4.78 is 13.3. The highest BCUT2D eigenvalue weighted by atomic mass is 35.5. The predicted octanol–water partition coefficient (Wildman–Crippen LogP) is 4.69. The van der Waals surface area contributed by atoms with Crippen LogP contribution in [-0.2, 0) is 0 Å². The standard InChI is InChI=1S/C14H16ClFN2O2/c15-11-8-13(14(18(19)20)9-12(11)16)17-7-6-10-4-2-1-3-5-10/h4,8-9,17H,1-3,5-7H2. The molecule has 0 atom stereocenters. The summed E-state index contributed by atoms with van der Waals surface area (Å²) in [5, 5.41) is 13.8.